The third-order valence-corrected chi connectivity index (χ3v) is 2.20. The van der Waals surface area contributed by atoms with Crippen molar-refractivity contribution in [2.45, 2.75) is 0 Å². The Morgan fingerprint density at radius 2 is 2.29 bits per heavy atom. The Morgan fingerprint density at radius 1 is 1.36 bits per heavy atom. The number of dihydropyridines is 1. The van der Waals surface area contributed by atoms with Gasteiger partial charge in [-0.3, -0.25) is 4.79 Å². The molecule has 0 unspecified atom stereocenters. The van der Waals surface area contributed by atoms with Gasteiger partial charge in [-0.15, -0.1) is 0 Å². The average molecular weight is 185 g/mol. The largest absolute Gasteiger partial charge is 0.387 e. The van der Waals surface area contributed by atoms with Crippen molar-refractivity contribution in [3.05, 3.63) is 53.7 Å². The van der Waals surface area contributed by atoms with Crippen LogP contribution in [-0.2, 0) is 0 Å². The van der Waals surface area contributed by atoms with Gasteiger partial charge in [-0.25, -0.2) is 0 Å². The van der Waals surface area contributed by atoms with E-state index in [1.54, 1.807) is 0 Å². The van der Waals surface area contributed by atoms with E-state index in [2.05, 4.69) is 11.4 Å². The number of hydrogen-bond acceptors (Lipinski definition) is 2. The quantitative estimate of drug-likeness (QED) is 0.714. The van der Waals surface area contributed by atoms with Crippen LogP contribution in [0.1, 0.15) is 15.9 Å². The first-order valence-electron chi connectivity index (χ1n) is 4.55. The van der Waals surface area contributed by atoms with Crippen molar-refractivity contribution in [2.75, 3.05) is 6.54 Å². The molecule has 1 aliphatic rings. The standard InChI is InChI=1S/C12H11NO/c14-9-10-3-1-4-11(7-10)12-5-2-6-13-8-12/h1-7,9,13H,8H2. The topological polar surface area (TPSA) is 29.1 Å². The van der Waals surface area contributed by atoms with Crippen molar-refractivity contribution in [3.63, 3.8) is 0 Å². The zero-order chi connectivity index (χ0) is 9.80. The molecule has 0 aliphatic carbocycles. The Hall–Kier alpha value is -1.83. The van der Waals surface area contributed by atoms with E-state index in [0.29, 0.717) is 0 Å². The van der Waals surface area contributed by atoms with E-state index in [1.807, 2.05) is 36.5 Å². The fraction of sp³-hybridized carbons (Fsp3) is 0.0833. The molecular formula is C12H11NO. The molecule has 2 rings (SSSR count). The van der Waals surface area contributed by atoms with Gasteiger partial charge in [-0.2, -0.15) is 0 Å². The summed E-state index contributed by atoms with van der Waals surface area (Å²) < 4.78 is 0. The highest BCUT2D eigenvalue weighted by atomic mass is 16.1. The Kier molecular flexibility index (Phi) is 2.45. The minimum Gasteiger partial charge on any atom is -0.387 e. The third-order valence-electron chi connectivity index (χ3n) is 2.20. The van der Waals surface area contributed by atoms with Gasteiger partial charge in [0.05, 0.1) is 0 Å². The molecule has 1 heterocycles. The lowest BCUT2D eigenvalue weighted by Crippen LogP contribution is -2.11. The smallest absolute Gasteiger partial charge is 0.150 e. The molecule has 0 aromatic heterocycles. The molecule has 0 bridgehead atoms. The van der Waals surface area contributed by atoms with Crippen molar-refractivity contribution in [2.24, 2.45) is 0 Å². The Morgan fingerprint density at radius 3 is 3.00 bits per heavy atom. The van der Waals surface area contributed by atoms with Gasteiger partial charge >= 0.3 is 0 Å². The highest BCUT2D eigenvalue weighted by molar-refractivity contribution is 5.79. The van der Waals surface area contributed by atoms with Gasteiger partial charge in [0.2, 0.25) is 0 Å². The molecule has 1 aliphatic heterocycles. The SMILES string of the molecule is O=Cc1cccc(C2=CC=CNC2)c1. The Balaban J connectivity index is 2.35. The van der Waals surface area contributed by atoms with Crippen LogP contribution >= 0.6 is 0 Å². The van der Waals surface area contributed by atoms with E-state index < -0.39 is 0 Å². The van der Waals surface area contributed by atoms with Crippen LogP contribution in [0, 0.1) is 0 Å². The average Bonchev–Trinajstić information content (AvgIpc) is 2.30. The fourth-order valence-corrected chi connectivity index (χ4v) is 1.47. The van der Waals surface area contributed by atoms with Gasteiger partial charge in [-0.1, -0.05) is 24.3 Å². The molecular weight excluding hydrogens is 174 g/mol. The summed E-state index contributed by atoms with van der Waals surface area (Å²) in [5.74, 6) is 0. The van der Waals surface area contributed by atoms with Crippen LogP contribution in [0.25, 0.3) is 5.57 Å². The molecule has 0 fully saturated rings. The summed E-state index contributed by atoms with van der Waals surface area (Å²) in [6, 6.07) is 7.63. The second-order valence-electron chi connectivity index (χ2n) is 3.18. The first kappa shape index (κ1) is 8.75. The molecule has 0 saturated heterocycles. The van der Waals surface area contributed by atoms with Crippen molar-refractivity contribution >= 4 is 11.9 Å². The summed E-state index contributed by atoms with van der Waals surface area (Å²) >= 11 is 0. The van der Waals surface area contributed by atoms with E-state index in [0.717, 1.165) is 24.0 Å². The molecule has 0 amide bonds. The third kappa shape index (κ3) is 1.74. The van der Waals surface area contributed by atoms with Crippen LogP contribution in [0.2, 0.25) is 0 Å². The number of carbonyl (C=O) groups is 1. The van der Waals surface area contributed by atoms with Gasteiger partial charge in [0.25, 0.3) is 0 Å². The molecule has 2 heteroatoms. The van der Waals surface area contributed by atoms with Crippen molar-refractivity contribution in [3.8, 4) is 0 Å². The van der Waals surface area contributed by atoms with E-state index >= 15 is 0 Å². The lowest BCUT2D eigenvalue weighted by Gasteiger charge is -2.10. The minimum atomic E-state index is 0.720. The summed E-state index contributed by atoms with van der Waals surface area (Å²) in [7, 11) is 0. The predicted molar refractivity (Wildman–Crippen MR) is 56.9 cm³/mol. The fourth-order valence-electron chi connectivity index (χ4n) is 1.47. The normalized spacial score (nSPS) is 14.4. The number of rotatable bonds is 2. The van der Waals surface area contributed by atoms with Gasteiger partial charge in [0, 0.05) is 12.1 Å². The monoisotopic (exact) mass is 185 g/mol. The van der Waals surface area contributed by atoms with E-state index in [9.17, 15) is 4.79 Å². The number of carbonyl (C=O) groups excluding carboxylic acids is 1. The summed E-state index contributed by atoms with van der Waals surface area (Å²) in [4.78, 5) is 10.6. The van der Waals surface area contributed by atoms with Crippen molar-refractivity contribution in [1.29, 1.82) is 0 Å². The van der Waals surface area contributed by atoms with Gasteiger partial charge in [-0.05, 0) is 29.5 Å². The van der Waals surface area contributed by atoms with Crippen LogP contribution < -0.4 is 5.32 Å². The highest BCUT2D eigenvalue weighted by Gasteiger charge is 2.02. The second kappa shape index (κ2) is 3.92. The number of nitrogens with one attached hydrogen (secondary N) is 1. The molecule has 0 atom stereocenters. The maximum Gasteiger partial charge on any atom is 0.150 e. The van der Waals surface area contributed by atoms with Gasteiger partial charge in [0.15, 0.2) is 0 Å². The number of aldehydes is 1. The molecule has 1 N–H and O–H groups in total. The zero-order valence-electron chi connectivity index (χ0n) is 7.73. The van der Waals surface area contributed by atoms with E-state index in [-0.39, 0.29) is 0 Å². The molecule has 2 nitrogen and oxygen atoms in total. The summed E-state index contributed by atoms with van der Waals surface area (Å²) in [6.07, 6.45) is 6.80. The highest BCUT2D eigenvalue weighted by Crippen LogP contribution is 2.16. The molecule has 0 saturated carbocycles. The van der Waals surface area contributed by atoms with Gasteiger partial charge < -0.3 is 5.32 Å². The minimum absolute atomic E-state index is 0.720. The van der Waals surface area contributed by atoms with Crippen LogP contribution in [0.4, 0.5) is 0 Å². The number of allylic oxidation sites excluding steroid dienone is 2. The molecule has 0 spiro atoms. The maximum absolute atomic E-state index is 10.6. The van der Waals surface area contributed by atoms with Crippen molar-refractivity contribution < 1.29 is 4.79 Å². The van der Waals surface area contributed by atoms with E-state index in [1.165, 1.54) is 5.57 Å². The molecule has 70 valence electrons. The van der Waals surface area contributed by atoms with Crippen LogP contribution in [-0.4, -0.2) is 12.8 Å². The Labute approximate surface area is 82.9 Å². The maximum atomic E-state index is 10.6. The van der Waals surface area contributed by atoms with Crippen LogP contribution in [0.5, 0.6) is 0 Å². The zero-order valence-corrected chi connectivity index (χ0v) is 7.73. The molecule has 14 heavy (non-hydrogen) atoms. The predicted octanol–water partition coefficient (Wildman–Crippen LogP) is 2.00. The first-order chi connectivity index (χ1) is 6.90. The summed E-state index contributed by atoms with van der Waals surface area (Å²) in [6.45, 7) is 0.818. The van der Waals surface area contributed by atoms with Crippen molar-refractivity contribution in [1.82, 2.24) is 5.32 Å². The van der Waals surface area contributed by atoms with Crippen LogP contribution in [0.15, 0.2) is 42.6 Å². The van der Waals surface area contributed by atoms with Gasteiger partial charge in [0.1, 0.15) is 6.29 Å². The number of hydrogen-bond donors (Lipinski definition) is 1. The second-order valence-corrected chi connectivity index (χ2v) is 3.18. The lowest BCUT2D eigenvalue weighted by molar-refractivity contribution is 0.112. The first-order valence-corrected chi connectivity index (χ1v) is 4.55. The molecule has 1 aromatic rings. The molecule has 1 aromatic carbocycles. The van der Waals surface area contributed by atoms with Crippen LogP contribution in [0.3, 0.4) is 0 Å². The van der Waals surface area contributed by atoms with E-state index in [4.69, 9.17) is 0 Å². The molecule has 0 radical (unpaired) electrons. The summed E-state index contributed by atoms with van der Waals surface area (Å²) in [5.41, 5.74) is 3.03. The number of benzene rings is 1. The summed E-state index contributed by atoms with van der Waals surface area (Å²) in [5, 5.41) is 3.13. The lowest BCUT2D eigenvalue weighted by atomic mass is 10.0. The Bertz CT molecular complexity index is 405.